The van der Waals surface area contributed by atoms with Crippen molar-refractivity contribution in [3.8, 4) is 28.3 Å². The van der Waals surface area contributed by atoms with Gasteiger partial charge in [-0.25, -0.2) is 9.78 Å². The zero-order valence-corrected chi connectivity index (χ0v) is 21.5. The first-order valence-corrected chi connectivity index (χ1v) is 12.2. The van der Waals surface area contributed by atoms with Crippen LogP contribution in [0.25, 0.3) is 33.5 Å². The largest absolute Gasteiger partial charge is 0.496 e. The number of benzene rings is 2. The molecule has 0 unspecified atom stereocenters. The number of aromatic nitrogens is 2. The van der Waals surface area contributed by atoms with Gasteiger partial charge in [0.2, 0.25) is 0 Å². The third-order valence-electron chi connectivity index (χ3n) is 6.62. The van der Waals surface area contributed by atoms with Crippen molar-refractivity contribution in [3.63, 3.8) is 0 Å². The summed E-state index contributed by atoms with van der Waals surface area (Å²) in [5.74, 6) is 1.09. The first-order chi connectivity index (χ1) is 17.7. The summed E-state index contributed by atoms with van der Waals surface area (Å²) in [5.41, 5.74) is 4.94. The fourth-order valence-electron chi connectivity index (χ4n) is 5.02. The number of carbonyl (C=O) groups excluding carboxylic acids is 1. The first kappa shape index (κ1) is 24.6. The molecular weight excluding hydrogens is 472 g/mol. The van der Waals surface area contributed by atoms with Crippen LogP contribution >= 0.6 is 0 Å². The zero-order valence-electron chi connectivity index (χ0n) is 21.5. The Morgan fingerprint density at radius 3 is 2.70 bits per heavy atom. The van der Waals surface area contributed by atoms with Gasteiger partial charge < -0.3 is 24.2 Å². The maximum Gasteiger partial charge on any atom is 0.407 e. The van der Waals surface area contributed by atoms with Crippen LogP contribution in [0.1, 0.15) is 31.0 Å². The van der Waals surface area contributed by atoms with E-state index in [1.165, 1.54) is 6.39 Å². The number of carbonyl (C=O) groups is 1. The highest BCUT2D eigenvalue weighted by atomic mass is 16.6. The van der Waals surface area contributed by atoms with Gasteiger partial charge in [-0.15, -0.1) is 0 Å². The van der Waals surface area contributed by atoms with E-state index in [9.17, 15) is 9.59 Å². The number of pyridine rings is 1. The maximum absolute atomic E-state index is 13.2. The van der Waals surface area contributed by atoms with Crippen molar-refractivity contribution in [1.29, 1.82) is 0 Å². The molecule has 0 saturated heterocycles. The SMILES string of the molecule is COc1cc2[nH]c(-c3ccc4c(c3)[C@H](N(C)C)[C@@H](OC(=O)NC(C)C)C4)cc(=O)c2cc1-c1cnco1. The van der Waals surface area contributed by atoms with E-state index in [0.717, 1.165) is 16.7 Å². The second-order valence-electron chi connectivity index (χ2n) is 9.78. The number of nitrogens with one attached hydrogen (secondary N) is 2. The fourth-order valence-corrected chi connectivity index (χ4v) is 5.02. The Labute approximate surface area is 214 Å². The summed E-state index contributed by atoms with van der Waals surface area (Å²) < 4.78 is 16.8. The number of hydrogen-bond donors (Lipinski definition) is 2. The molecule has 0 aliphatic heterocycles. The summed E-state index contributed by atoms with van der Waals surface area (Å²) in [4.78, 5) is 34.9. The third kappa shape index (κ3) is 4.70. The highest BCUT2D eigenvalue weighted by Gasteiger charge is 2.37. The van der Waals surface area contributed by atoms with Gasteiger partial charge in [0.15, 0.2) is 17.6 Å². The van der Waals surface area contributed by atoms with Crippen molar-refractivity contribution in [3.05, 3.63) is 70.3 Å². The molecule has 5 rings (SSSR count). The number of ether oxygens (including phenoxy) is 2. The van der Waals surface area contributed by atoms with Crippen LogP contribution < -0.4 is 15.5 Å². The summed E-state index contributed by atoms with van der Waals surface area (Å²) in [6.45, 7) is 3.80. The topological polar surface area (TPSA) is 110 Å². The minimum absolute atomic E-state index is 0.00383. The van der Waals surface area contributed by atoms with Gasteiger partial charge in [-0.3, -0.25) is 9.69 Å². The molecule has 9 heteroatoms. The number of rotatable bonds is 6. The summed E-state index contributed by atoms with van der Waals surface area (Å²) in [7, 11) is 5.52. The molecule has 37 heavy (non-hydrogen) atoms. The number of oxazole rings is 1. The lowest BCUT2D eigenvalue weighted by Crippen LogP contribution is -2.38. The van der Waals surface area contributed by atoms with Gasteiger partial charge in [0.25, 0.3) is 0 Å². The van der Waals surface area contributed by atoms with Gasteiger partial charge in [0.1, 0.15) is 11.9 Å². The number of likely N-dealkylation sites (N-methyl/N-ethyl adjacent to an activating group) is 1. The highest BCUT2D eigenvalue weighted by Crippen LogP contribution is 2.39. The van der Waals surface area contributed by atoms with Gasteiger partial charge in [-0.2, -0.15) is 0 Å². The van der Waals surface area contributed by atoms with Gasteiger partial charge >= 0.3 is 6.09 Å². The number of hydrogen-bond acceptors (Lipinski definition) is 7. The van der Waals surface area contributed by atoms with E-state index in [4.69, 9.17) is 13.9 Å². The van der Waals surface area contributed by atoms with Crippen LogP contribution in [0.15, 0.2) is 58.2 Å². The van der Waals surface area contributed by atoms with Crippen molar-refractivity contribution in [1.82, 2.24) is 20.2 Å². The quantitative estimate of drug-likeness (QED) is 0.399. The smallest absolute Gasteiger partial charge is 0.407 e. The molecule has 1 aliphatic carbocycles. The monoisotopic (exact) mass is 502 g/mol. The Morgan fingerprint density at radius 1 is 1.22 bits per heavy atom. The summed E-state index contributed by atoms with van der Waals surface area (Å²) in [5, 5.41) is 3.32. The van der Waals surface area contributed by atoms with Crippen LogP contribution in [-0.2, 0) is 11.2 Å². The van der Waals surface area contributed by atoms with Crippen LogP contribution in [-0.4, -0.2) is 54.3 Å². The Morgan fingerprint density at radius 2 is 2.03 bits per heavy atom. The number of methoxy groups -OCH3 is 1. The number of alkyl carbamates (subject to hydrolysis) is 1. The number of aromatic amines is 1. The Bertz CT molecular complexity index is 1510. The molecule has 0 fully saturated rings. The van der Waals surface area contributed by atoms with Crippen LogP contribution in [0.3, 0.4) is 0 Å². The zero-order chi connectivity index (χ0) is 26.3. The molecule has 0 radical (unpaired) electrons. The van der Waals surface area contributed by atoms with E-state index in [0.29, 0.717) is 40.1 Å². The van der Waals surface area contributed by atoms with Gasteiger partial charge in [-0.1, -0.05) is 12.1 Å². The molecule has 192 valence electrons. The highest BCUT2D eigenvalue weighted by molar-refractivity contribution is 5.88. The molecule has 2 aromatic carbocycles. The number of amides is 1. The molecule has 4 aromatic rings. The van der Waals surface area contributed by atoms with E-state index in [2.05, 4.69) is 26.3 Å². The van der Waals surface area contributed by atoms with Crippen molar-refractivity contribution in [2.75, 3.05) is 21.2 Å². The Hall–Kier alpha value is -4.11. The molecule has 2 heterocycles. The molecule has 9 nitrogen and oxygen atoms in total. The van der Waals surface area contributed by atoms with Gasteiger partial charge in [0, 0.05) is 35.7 Å². The number of H-pyrrole nitrogens is 1. The molecule has 1 amide bonds. The Balaban J connectivity index is 1.52. The van der Waals surface area contributed by atoms with E-state index in [-0.39, 0.29) is 23.6 Å². The van der Waals surface area contributed by atoms with E-state index in [1.54, 1.807) is 31.5 Å². The third-order valence-corrected chi connectivity index (χ3v) is 6.62. The summed E-state index contributed by atoms with van der Waals surface area (Å²) in [6, 6.07) is 11.1. The van der Waals surface area contributed by atoms with Crippen LogP contribution in [0, 0.1) is 0 Å². The van der Waals surface area contributed by atoms with Crippen molar-refractivity contribution < 1.29 is 18.7 Å². The minimum Gasteiger partial charge on any atom is -0.496 e. The maximum atomic E-state index is 13.2. The first-order valence-electron chi connectivity index (χ1n) is 12.2. The van der Waals surface area contributed by atoms with E-state index >= 15 is 0 Å². The molecule has 2 aromatic heterocycles. The second-order valence-corrected chi connectivity index (χ2v) is 9.78. The van der Waals surface area contributed by atoms with Gasteiger partial charge in [0.05, 0.1) is 30.4 Å². The average Bonchev–Trinajstić information content (AvgIpc) is 3.50. The molecular formula is C28H30N4O5. The van der Waals surface area contributed by atoms with E-state index < -0.39 is 6.09 Å². The molecule has 2 N–H and O–H groups in total. The van der Waals surface area contributed by atoms with E-state index in [1.807, 2.05) is 40.1 Å². The predicted octanol–water partition coefficient (Wildman–Crippen LogP) is 4.52. The lowest BCUT2D eigenvalue weighted by Gasteiger charge is -2.27. The molecule has 0 spiro atoms. The molecule has 0 bridgehead atoms. The van der Waals surface area contributed by atoms with Gasteiger partial charge in [-0.05, 0) is 56.8 Å². The van der Waals surface area contributed by atoms with Crippen molar-refractivity contribution in [2.24, 2.45) is 0 Å². The predicted molar refractivity (Wildman–Crippen MR) is 141 cm³/mol. The molecule has 0 saturated carbocycles. The molecule has 2 atom stereocenters. The fraction of sp³-hybridized carbons (Fsp3) is 0.321. The number of nitrogens with zero attached hydrogens (tertiary/aromatic N) is 2. The average molecular weight is 503 g/mol. The lowest BCUT2D eigenvalue weighted by molar-refractivity contribution is 0.0523. The minimum atomic E-state index is -0.419. The molecule has 1 aliphatic rings. The van der Waals surface area contributed by atoms with Crippen LogP contribution in [0.5, 0.6) is 5.75 Å². The van der Waals surface area contributed by atoms with Crippen LogP contribution in [0.2, 0.25) is 0 Å². The van der Waals surface area contributed by atoms with Crippen LogP contribution in [0.4, 0.5) is 4.79 Å². The van der Waals surface area contributed by atoms with Crippen molar-refractivity contribution in [2.45, 2.75) is 38.5 Å². The lowest BCUT2D eigenvalue weighted by atomic mass is 10.0. The standard InChI is InChI=1S/C28H30N4O5/c1-15(2)30-28(34)37-25-9-16-6-7-17(8-18(16)27(25)32(3)4)21-11-23(33)19-10-20(26-13-29-14-36-26)24(35-5)12-22(19)31-21/h6-8,10-15,25,27H,9H2,1-5H3,(H,30,34)(H,31,33)/t25-,27-/m0/s1. The second kappa shape index (κ2) is 9.74. The van der Waals surface area contributed by atoms with Crippen molar-refractivity contribution >= 4 is 17.0 Å². The summed E-state index contributed by atoms with van der Waals surface area (Å²) >= 11 is 0. The summed E-state index contributed by atoms with van der Waals surface area (Å²) in [6.07, 6.45) is 2.82. The normalized spacial score (nSPS) is 16.8. The number of fused-ring (bicyclic) bond motifs is 2. The Kier molecular flexibility index (Phi) is 6.47.